The fourth-order valence-corrected chi connectivity index (χ4v) is 7.23. The molecule has 4 aliphatic carbocycles. The Balaban J connectivity index is 1.26. The second-order valence-electron chi connectivity index (χ2n) is 10.4. The van der Waals surface area contributed by atoms with Crippen LogP contribution in [0.25, 0.3) is 0 Å². The molecule has 1 aromatic carbocycles. The van der Waals surface area contributed by atoms with Gasteiger partial charge in [0.05, 0.1) is 12.0 Å². The molecule has 4 fully saturated rings. The molecular formula is C23H30N4O2. The number of anilines is 1. The molecule has 154 valence electrons. The maximum atomic E-state index is 13.5. The normalized spacial score (nSPS) is 34.9. The van der Waals surface area contributed by atoms with E-state index >= 15 is 0 Å². The number of carbonyl (C=O) groups is 1. The van der Waals surface area contributed by atoms with Crippen LogP contribution in [0.3, 0.4) is 0 Å². The third-order valence-electron chi connectivity index (χ3n) is 7.26. The molecule has 1 heterocycles. The molecular weight excluding hydrogens is 364 g/mol. The van der Waals surface area contributed by atoms with Crippen LogP contribution in [-0.2, 0) is 11.3 Å². The number of hydrogen-bond acceptors (Lipinski definition) is 4. The maximum Gasteiger partial charge on any atom is 0.230 e. The highest BCUT2D eigenvalue weighted by atomic mass is 16.5. The molecule has 4 saturated carbocycles. The second-order valence-corrected chi connectivity index (χ2v) is 10.4. The van der Waals surface area contributed by atoms with Crippen LogP contribution in [0.5, 0.6) is 5.75 Å². The van der Waals surface area contributed by atoms with E-state index in [1.807, 2.05) is 24.3 Å². The molecule has 0 radical (unpaired) electrons. The Bertz CT molecular complexity index is 891. The first kappa shape index (κ1) is 18.6. The Kier molecular flexibility index (Phi) is 4.23. The van der Waals surface area contributed by atoms with Gasteiger partial charge in [-0.25, -0.2) is 9.67 Å². The molecule has 0 aliphatic heterocycles. The molecule has 1 N–H and O–H groups in total. The van der Waals surface area contributed by atoms with Gasteiger partial charge in [-0.1, -0.05) is 19.9 Å². The fraction of sp³-hybridized carbons (Fsp3) is 0.609. The lowest BCUT2D eigenvalue weighted by atomic mass is 9.40. The number of hydrogen-bond donors (Lipinski definition) is 1. The smallest absolute Gasteiger partial charge is 0.230 e. The van der Waals surface area contributed by atoms with Gasteiger partial charge in [0.1, 0.15) is 25.0 Å². The first-order valence-electron chi connectivity index (χ1n) is 10.7. The van der Waals surface area contributed by atoms with E-state index in [-0.39, 0.29) is 11.3 Å². The number of carbonyl (C=O) groups excluding carboxylic acids is 1. The molecule has 29 heavy (non-hydrogen) atoms. The maximum absolute atomic E-state index is 13.5. The number of aromatic nitrogens is 3. The largest absolute Gasteiger partial charge is 0.492 e. The van der Waals surface area contributed by atoms with E-state index in [2.05, 4.69) is 29.2 Å². The topological polar surface area (TPSA) is 69.0 Å². The van der Waals surface area contributed by atoms with Gasteiger partial charge in [0.25, 0.3) is 0 Å². The molecule has 2 aromatic rings. The summed E-state index contributed by atoms with van der Waals surface area (Å²) in [6.07, 6.45) is 10.2. The molecule has 0 spiro atoms. The molecule has 2 unspecified atom stereocenters. The number of ether oxygens (including phenoxy) is 1. The van der Waals surface area contributed by atoms with Gasteiger partial charge in [0.15, 0.2) is 0 Å². The Labute approximate surface area is 172 Å². The van der Waals surface area contributed by atoms with Crippen LogP contribution >= 0.6 is 0 Å². The van der Waals surface area contributed by atoms with Crippen molar-refractivity contribution in [2.45, 2.75) is 58.9 Å². The Morgan fingerprint density at radius 2 is 2.00 bits per heavy atom. The van der Waals surface area contributed by atoms with Crippen molar-refractivity contribution >= 4 is 11.6 Å². The summed E-state index contributed by atoms with van der Waals surface area (Å²) in [5.74, 6) is 1.67. The highest BCUT2D eigenvalue weighted by molar-refractivity contribution is 5.96. The van der Waals surface area contributed by atoms with Gasteiger partial charge in [-0.3, -0.25) is 4.79 Å². The summed E-state index contributed by atoms with van der Waals surface area (Å²) in [6, 6.07) is 7.72. The van der Waals surface area contributed by atoms with E-state index in [0.29, 0.717) is 29.9 Å². The van der Waals surface area contributed by atoms with Crippen LogP contribution in [0.15, 0.2) is 36.9 Å². The van der Waals surface area contributed by atoms with Gasteiger partial charge in [-0.15, -0.1) is 0 Å². The van der Waals surface area contributed by atoms with Crippen LogP contribution in [0, 0.1) is 22.2 Å². The van der Waals surface area contributed by atoms with Crippen LogP contribution in [0.4, 0.5) is 5.69 Å². The Morgan fingerprint density at radius 3 is 2.69 bits per heavy atom. The predicted molar refractivity (Wildman–Crippen MR) is 110 cm³/mol. The predicted octanol–water partition coefficient (Wildman–Crippen LogP) is 4.29. The summed E-state index contributed by atoms with van der Waals surface area (Å²) in [6.45, 7) is 5.95. The molecule has 4 aliphatic rings. The quantitative estimate of drug-likeness (QED) is 0.793. The van der Waals surface area contributed by atoms with Crippen LogP contribution < -0.4 is 10.1 Å². The third-order valence-corrected chi connectivity index (χ3v) is 7.26. The number of benzene rings is 1. The van der Waals surface area contributed by atoms with Crippen molar-refractivity contribution in [2.75, 3.05) is 11.9 Å². The standard InChI is InChI=1S/C23H30N4O2/c1-21-9-17-10-22(2,12-21)14-23(11-17,13-21)20(28)26-18-4-3-5-19(8-18)29-7-6-27-16-24-15-25-27/h3-5,8,15-17H,6-7,9-14H2,1-2H3,(H,26,28). The molecule has 2 atom stereocenters. The van der Waals surface area contributed by atoms with Crippen molar-refractivity contribution in [3.63, 3.8) is 0 Å². The van der Waals surface area contributed by atoms with Gasteiger partial charge in [0.2, 0.25) is 5.91 Å². The lowest BCUT2D eigenvalue weighted by Crippen LogP contribution is -2.58. The minimum absolute atomic E-state index is 0.202. The minimum atomic E-state index is -0.202. The Morgan fingerprint density at radius 1 is 1.21 bits per heavy atom. The van der Waals surface area contributed by atoms with Crippen molar-refractivity contribution in [3.8, 4) is 5.75 Å². The lowest BCUT2D eigenvalue weighted by Gasteiger charge is -2.64. The zero-order valence-electron chi connectivity index (χ0n) is 17.4. The first-order chi connectivity index (χ1) is 13.9. The van der Waals surface area contributed by atoms with E-state index in [0.717, 1.165) is 30.7 Å². The summed E-state index contributed by atoms with van der Waals surface area (Å²) >= 11 is 0. The van der Waals surface area contributed by atoms with Crippen molar-refractivity contribution in [1.29, 1.82) is 0 Å². The molecule has 1 amide bonds. The van der Waals surface area contributed by atoms with Crippen LogP contribution in [-0.4, -0.2) is 27.3 Å². The highest BCUT2D eigenvalue weighted by Gasteiger charge is 2.62. The van der Waals surface area contributed by atoms with E-state index in [1.54, 1.807) is 11.0 Å². The summed E-state index contributed by atoms with van der Waals surface area (Å²) in [7, 11) is 0. The number of nitrogens with one attached hydrogen (secondary N) is 1. The van der Waals surface area contributed by atoms with E-state index in [1.165, 1.54) is 25.6 Å². The zero-order valence-corrected chi connectivity index (χ0v) is 17.4. The number of rotatable bonds is 6. The van der Waals surface area contributed by atoms with Gasteiger partial charge in [-0.2, -0.15) is 5.10 Å². The van der Waals surface area contributed by atoms with Gasteiger partial charge in [0, 0.05) is 11.8 Å². The van der Waals surface area contributed by atoms with E-state index in [9.17, 15) is 4.79 Å². The third kappa shape index (κ3) is 3.53. The average molecular weight is 395 g/mol. The number of nitrogens with zero attached hydrogens (tertiary/aromatic N) is 3. The summed E-state index contributed by atoms with van der Waals surface area (Å²) < 4.78 is 7.58. The van der Waals surface area contributed by atoms with Crippen LogP contribution in [0.2, 0.25) is 0 Å². The lowest BCUT2D eigenvalue weighted by molar-refractivity contribution is -0.165. The average Bonchev–Trinajstić information content (AvgIpc) is 3.12. The SMILES string of the molecule is CC12CC3CC(C)(C1)CC(C(=O)Nc1cccc(OCCn4cncn4)c1)(C3)C2. The fourth-order valence-electron chi connectivity index (χ4n) is 7.23. The summed E-state index contributed by atoms with van der Waals surface area (Å²) in [4.78, 5) is 17.4. The monoisotopic (exact) mass is 394 g/mol. The van der Waals surface area contributed by atoms with Crippen molar-refractivity contribution in [2.24, 2.45) is 22.2 Å². The molecule has 0 saturated heterocycles. The first-order valence-corrected chi connectivity index (χ1v) is 10.7. The minimum Gasteiger partial charge on any atom is -0.492 e. The van der Waals surface area contributed by atoms with Gasteiger partial charge < -0.3 is 10.1 Å². The zero-order chi connectivity index (χ0) is 20.1. The van der Waals surface area contributed by atoms with Crippen LogP contribution in [0.1, 0.15) is 52.4 Å². The highest BCUT2D eigenvalue weighted by Crippen LogP contribution is 2.69. The van der Waals surface area contributed by atoms with E-state index < -0.39 is 0 Å². The molecule has 6 heteroatoms. The van der Waals surface area contributed by atoms with Crippen molar-refractivity contribution < 1.29 is 9.53 Å². The van der Waals surface area contributed by atoms with Crippen molar-refractivity contribution in [3.05, 3.63) is 36.9 Å². The van der Waals surface area contributed by atoms with E-state index in [4.69, 9.17) is 4.74 Å². The Hall–Kier alpha value is -2.37. The van der Waals surface area contributed by atoms with Gasteiger partial charge in [-0.05, 0) is 67.4 Å². The molecule has 1 aromatic heterocycles. The summed E-state index contributed by atoms with van der Waals surface area (Å²) in [5, 5.41) is 7.31. The summed E-state index contributed by atoms with van der Waals surface area (Å²) in [5.41, 5.74) is 1.28. The van der Waals surface area contributed by atoms with Crippen molar-refractivity contribution in [1.82, 2.24) is 14.8 Å². The molecule has 6 rings (SSSR count). The molecule has 6 nitrogen and oxygen atoms in total. The van der Waals surface area contributed by atoms with Gasteiger partial charge >= 0.3 is 0 Å². The molecule has 4 bridgehead atoms. The number of amides is 1. The second kappa shape index (κ2) is 6.57.